The van der Waals surface area contributed by atoms with Crippen LogP contribution in [0.2, 0.25) is 0 Å². The van der Waals surface area contributed by atoms with E-state index >= 15 is 0 Å². The van der Waals surface area contributed by atoms with Crippen LogP contribution in [0.5, 0.6) is 0 Å². The third-order valence-corrected chi connectivity index (χ3v) is 2.17. The van der Waals surface area contributed by atoms with Crippen molar-refractivity contribution in [1.29, 1.82) is 0 Å². The lowest BCUT2D eigenvalue weighted by Crippen LogP contribution is -2.05. The molecule has 0 aliphatic carbocycles. The Kier molecular flexibility index (Phi) is 3.57. The first-order valence-corrected chi connectivity index (χ1v) is 4.21. The Hall–Kier alpha value is -0.810. The Morgan fingerprint density at radius 3 is 1.47 bits per heavy atom. The number of halogens is 7. The van der Waals surface area contributed by atoms with E-state index in [0.717, 1.165) is 0 Å². The third-order valence-electron chi connectivity index (χ3n) is 1.54. The minimum Gasteiger partial charge on any atom is -0.203 e. The van der Waals surface area contributed by atoms with Crippen LogP contribution in [0.25, 0.3) is 5.03 Å². The van der Waals surface area contributed by atoms with Gasteiger partial charge in [-0.25, -0.2) is 22.0 Å². The molecule has 1 aromatic rings. The second-order valence-corrected chi connectivity index (χ2v) is 3.03. The Morgan fingerprint density at radius 2 is 1.13 bits per heavy atom. The summed E-state index contributed by atoms with van der Waals surface area (Å²) in [6, 6.07) is 0. The topological polar surface area (TPSA) is 0 Å². The predicted octanol–water partition coefficient (Wildman–Crippen LogP) is 4.16. The molecule has 0 unspecified atom stereocenters. The van der Waals surface area contributed by atoms with E-state index in [1.165, 1.54) is 0 Å². The standard InChI is InChI=1S/C8HCl2F5/c9-1-2(10)3-4(11)6(13)8(15)7(14)5(3)12/h1H/b2-1+. The molecule has 0 bridgehead atoms. The van der Waals surface area contributed by atoms with E-state index in [-0.39, 0.29) is 0 Å². The highest BCUT2D eigenvalue weighted by Crippen LogP contribution is 2.30. The van der Waals surface area contributed by atoms with E-state index in [0.29, 0.717) is 5.54 Å². The van der Waals surface area contributed by atoms with Crippen molar-refractivity contribution in [2.24, 2.45) is 0 Å². The summed E-state index contributed by atoms with van der Waals surface area (Å²) in [7, 11) is 0. The van der Waals surface area contributed by atoms with Crippen molar-refractivity contribution in [2.75, 3.05) is 0 Å². The first-order chi connectivity index (χ1) is 6.91. The van der Waals surface area contributed by atoms with Crippen LogP contribution in [0.3, 0.4) is 0 Å². The maximum Gasteiger partial charge on any atom is 0.200 e. The maximum atomic E-state index is 12.9. The number of hydrogen-bond acceptors (Lipinski definition) is 0. The van der Waals surface area contributed by atoms with E-state index in [2.05, 4.69) is 0 Å². The van der Waals surface area contributed by atoms with Crippen molar-refractivity contribution in [1.82, 2.24) is 0 Å². The SMILES string of the molecule is Fc1c(F)c(F)c(/C(Cl)=C\Cl)c(F)c1F. The van der Waals surface area contributed by atoms with Gasteiger partial charge in [-0.05, 0) is 0 Å². The number of rotatable bonds is 1. The smallest absolute Gasteiger partial charge is 0.200 e. The van der Waals surface area contributed by atoms with Gasteiger partial charge in [0.05, 0.1) is 10.6 Å². The van der Waals surface area contributed by atoms with Gasteiger partial charge in [0, 0.05) is 5.54 Å². The van der Waals surface area contributed by atoms with Crippen LogP contribution in [0.15, 0.2) is 5.54 Å². The van der Waals surface area contributed by atoms with E-state index in [1.807, 2.05) is 0 Å². The molecular weight excluding hydrogens is 262 g/mol. The van der Waals surface area contributed by atoms with Gasteiger partial charge in [0.2, 0.25) is 5.82 Å². The molecule has 0 aromatic heterocycles. The second-order valence-electron chi connectivity index (χ2n) is 2.40. The quantitative estimate of drug-likeness (QED) is 0.405. The molecule has 0 fully saturated rings. The van der Waals surface area contributed by atoms with Gasteiger partial charge in [-0.3, -0.25) is 0 Å². The van der Waals surface area contributed by atoms with E-state index in [9.17, 15) is 22.0 Å². The molecule has 0 nitrogen and oxygen atoms in total. The first kappa shape index (κ1) is 12.3. The van der Waals surface area contributed by atoms with Gasteiger partial charge >= 0.3 is 0 Å². The van der Waals surface area contributed by atoms with Crippen molar-refractivity contribution in [2.45, 2.75) is 0 Å². The Balaban J connectivity index is 3.67. The average Bonchev–Trinajstić information content (AvgIpc) is 2.23. The highest BCUT2D eigenvalue weighted by Gasteiger charge is 2.26. The lowest BCUT2D eigenvalue weighted by atomic mass is 10.1. The second kappa shape index (κ2) is 4.37. The van der Waals surface area contributed by atoms with Crippen LogP contribution in [0, 0.1) is 29.1 Å². The number of benzene rings is 1. The predicted molar refractivity (Wildman–Crippen MR) is 45.9 cm³/mol. The summed E-state index contributed by atoms with van der Waals surface area (Å²) in [5.41, 5.74) is -0.747. The molecule has 0 saturated carbocycles. The Labute approximate surface area is 90.9 Å². The zero-order valence-corrected chi connectivity index (χ0v) is 8.23. The Bertz CT molecular complexity index is 412. The molecule has 1 aromatic carbocycles. The molecule has 0 N–H and O–H groups in total. The van der Waals surface area contributed by atoms with Gasteiger partial charge in [-0.1, -0.05) is 23.2 Å². The van der Waals surface area contributed by atoms with Crippen molar-refractivity contribution in [3.8, 4) is 0 Å². The molecule has 82 valence electrons. The molecule has 15 heavy (non-hydrogen) atoms. The van der Waals surface area contributed by atoms with Crippen LogP contribution in [-0.2, 0) is 0 Å². The first-order valence-electron chi connectivity index (χ1n) is 3.39. The fraction of sp³-hybridized carbons (Fsp3) is 0. The molecule has 0 atom stereocenters. The highest BCUT2D eigenvalue weighted by molar-refractivity contribution is 6.52. The lowest BCUT2D eigenvalue weighted by Gasteiger charge is -2.06. The number of hydrogen-bond donors (Lipinski definition) is 0. The molecule has 7 heteroatoms. The zero-order chi connectivity index (χ0) is 11.7. The maximum absolute atomic E-state index is 12.9. The molecular formula is C8HCl2F5. The van der Waals surface area contributed by atoms with Crippen molar-refractivity contribution in [3.05, 3.63) is 40.2 Å². The fourth-order valence-electron chi connectivity index (χ4n) is 0.869. The monoisotopic (exact) mass is 262 g/mol. The van der Waals surface area contributed by atoms with Crippen LogP contribution < -0.4 is 0 Å². The largest absolute Gasteiger partial charge is 0.203 e. The van der Waals surface area contributed by atoms with E-state index in [4.69, 9.17) is 23.2 Å². The summed E-state index contributed by atoms with van der Waals surface area (Å²) in [5.74, 6) is -10.4. The van der Waals surface area contributed by atoms with Crippen molar-refractivity contribution >= 4 is 28.2 Å². The van der Waals surface area contributed by atoms with Crippen LogP contribution >= 0.6 is 23.2 Å². The molecule has 1 rings (SSSR count). The molecule has 0 heterocycles. The van der Waals surface area contributed by atoms with E-state index < -0.39 is 39.7 Å². The van der Waals surface area contributed by atoms with Gasteiger partial charge < -0.3 is 0 Å². The van der Waals surface area contributed by atoms with Crippen LogP contribution in [0.4, 0.5) is 22.0 Å². The molecule has 0 spiro atoms. The fourth-order valence-corrected chi connectivity index (χ4v) is 1.14. The minimum atomic E-state index is -2.24. The molecule has 0 amide bonds. The molecule has 0 radical (unpaired) electrons. The normalized spacial score (nSPS) is 12.1. The molecule has 0 aliphatic rings. The Morgan fingerprint density at radius 1 is 0.800 bits per heavy atom. The van der Waals surface area contributed by atoms with Gasteiger partial charge in [0.15, 0.2) is 23.3 Å². The third kappa shape index (κ3) is 1.94. The zero-order valence-electron chi connectivity index (χ0n) is 6.72. The van der Waals surface area contributed by atoms with Crippen LogP contribution in [-0.4, -0.2) is 0 Å². The summed E-state index contributed by atoms with van der Waals surface area (Å²) in [6.45, 7) is 0. The van der Waals surface area contributed by atoms with Gasteiger partial charge in [0.1, 0.15) is 0 Å². The highest BCUT2D eigenvalue weighted by atomic mass is 35.5. The van der Waals surface area contributed by atoms with Gasteiger partial charge in [-0.15, -0.1) is 0 Å². The van der Waals surface area contributed by atoms with Crippen molar-refractivity contribution < 1.29 is 22.0 Å². The average molecular weight is 263 g/mol. The van der Waals surface area contributed by atoms with Crippen molar-refractivity contribution in [3.63, 3.8) is 0 Å². The van der Waals surface area contributed by atoms with Gasteiger partial charge in [0.25, 0.3) is 0 Å². The summed E-state index contributed by atoms with van der Waals surface area (Å²) >= 11 is 10.2. The van der Waals surface area contributed by atoms with Crippen LogP contribution in [0.1, 0.15) is 5.56 Å². The minimum absolute atomic E-state index is 0.500. The summed E-state index contributed by atoms with van der Waals surface area (Å²) in [6.07, 6.45) is 0. The summed E-state index contributed by atoms with van der Waals surface area (Å²) in [5, 5.41) is -0.774. The van der Waals surface area contributed by atoms with Gasteiger partial charge in [-0.2, -0.15) is 0 Å². The molecule has 0 aliphatic heterocycles. The summed E-state index contributed by atoms with van der Waals surface area (Å²) in [4.78, 5) is 0. The lowest BCUT2D eigenvalue weighted by molar-refractivity contribution is 0.376. The van der Waals surface area contributed by atoms with E-state index in [1.54, 1.807) is 0 Å². The summed E-state index contributed by atoms with van der Waals surface area (Å²) < 4.78 is 63.6. The molecule has 0 saturated heterocycles.